The highest BCUT2D eigenvalue weighted by atomic mass is 32.2. The molecular formula is C13H19N3O3S2. The summed E-state index contributed by atoms with van der Waals surface area (Å²) in [6.45, 7) is 4.92. The molecule has 0 aliphatic carbocycles. The Hall–Kier alpha value is -1.43. The molecule has 116 valence electrons. The monoisotopic (exact) mass is 329 g/mol. The third kappa shape index (κ3) is 4.03. The first-order chi connectivity index (χ1) is 9.63. The molecule has 1 rings (SSSR count). The first-order valence-corrected chi connectivity index (χ1v) is 8.67. The summed E-state index contributed by atoms with van der Waals surface area (Å²) in [5.74, 6) is -0.596. The molecule has 0 spiro atoms. The van der Waals surface area contributed by atoms with Gasteiger partial charge in [-0.3, -0.25) is 4.79 Å². The molecule has 0 unspecified atom stereocenters. The van der Waals surface area contributed by atoms with Crippen molar-refractivity contribution in [1.82, 2.24) is 9.62 Å². The van der Waals surface area contributed by atoms with Crippen LogP contribution in [0.5, 0.6) is 0 Å². The minimum absolute atomic E-state index is 0.0920. The Morgan fingerprint density at radius 3 is 2.62 bits per heavy atom. The number of hydrogen-bond acceptors (Lipinski definition) is 5. The van der Waals surface area contributed by atoms with Crippen LogP contribution in [0.2, 0.25) is 0 Å². The van der Waals surface area contributed by atoms with Gasteiger partial charge >= 0.3 is 0 Å². The molecule has 1 amide bonds. The highest BCUT2D eigenvalue weighted by Crippen LogP contribution is 2.20. The summed E-state index contributed by atoms with van der Waals surface area (Å²) < 4.78 is 25.5. The Morgan fingerprint density at radius 1 is 1.57 bits per heavy atom. The number of amides is 1. The fourth-order valence-corrected chi connectivity index (χ4v) is 3.81. The van der Waals surface area contributed by atoms with E-state index in [2.05, 4.69) is 11.4 Å². The van der Waals surface area contributed by atoms with Crippen LogP contribution in [-0.2, 0) is 14.8 Å². The van der Waals surface area contributed by atoms with Gasteiger partial charge in [0.2, 0.25) is 5.91 Å². The molecule has 0 bridgehead atoms. The molecule has 21 heavy (non-hydrogen) atoms. The van der Waals surface area contributed by atoms with Gasteiger partial charge in [0, 0.05) is 7.05 Å². The van der Waals surface area contributed by atoms with Crippen molar-refractivity contribution in [3.05, 3.63) is 17.5 Å². The number of thiophene rings is 1. The number of carbonyl (C=O) groups is 1. The molecule has 1 aromatic rings. The van der Waals surface area contributed by atoms with E-state index in [0.717, 1.165) is 15.6 Å². The van der Waals surface area contributed by atoms with Gasteiger partial charge in [-0.25, -0.2) is 8.42 Å². The SMILES string of the molecule is CC(C)[C@](C)(C#N)NC(=O)CN(C)S(=O)(=O)c1cccs1. The highest BCUT2D eigenvalue weighted by Gasteiger charge is 2.31. The second kappa shape index (κ2) is 6.56. The molecule has 1 aromatic heterocycles. The number of nitrogens with zero attached hydrogens (tertiary/aromatic N) is 2. The van der Waals surface area contributed by atoms with Crippen LogP contribution in [0.1, 0.15) is 20.8 Å². The van der Waals surface area contributed by atoms with Gasteiger partial charge in [-0.1, -0.05) is 19.9 Å². The summed E-state index contributed by atoms with van der Waals surface area (Å²) in [5, 5.41) is 13.4. The van der Waals surface area contributed by atoms with E-state index >= 15 is 0 Å². The number of nitriles is 1. The minimum atomic E-state index is -3.67. The van der Waals surface area contributed by atoms with Crippen molar-refractivity contribution in [2.75, 3.05) is 13.6 Å². The molecule has 0 saturated carbocycles. The average Bonchev–Trinajstić information content (AvgIpc) is 2.92. The zero-order valence-electron chi connectivity index (χ0n) is 12.5. The van der Waals surface area contributed by atoms with Crippen molar-refractivity contribution < 1.29 is 13.2 Å². The van der Waals surface area contributed by atoms with Gasteiger partial charge in [0.25, 0.3) is 10.0 Å². The topological polar surface area (TPSA) is 90.3 Å². The molecule has 0 fully saturated rings. The molecule has 0 saturated heterocycles. The van der Waals surface area contributed by atoms with Gasteiger partial charge in [0.1, 0.15) is 9.75 Å². The summed E-state index contributed by atoms with van der Waals surface area (Å²) in [7, 11) is -2.32. The highest BCUT2D eigenvalue weighted by molar-refractivity contribution is 7.91. The van der Waals surface area contributed by atoms with E-state index in [1.54, 1.807) is 18.4 Å². The maximum atomic E-state index is 12.2. The molecule has 6 nitrogen and oxygen atoms in total. The first-order valence-electron chi connectivity index (χ1n) is 6.35. The van der Waals surface area contributed by atoms with Crippen LogP contribution in [0, 0.1) is 17.2 Å². The molecule has 1 atom stereocenters. The van der Waals surface area contributed by atoms with Crippen LogP contribution in [0.15, 0.2) is 21.7 Å². The van der Waals surface area contributed by atoms with Crippen LogP contribution in [0.25, 0.3) is 0 Å². The number of nitrogens with one attached hydrogen (secondary N) is 1. The van der Waals surface area contributed by atoms with Crippen molar-refractivity contribution in [1.29, 1.82) is 5.26 Å². The minimum Gasteiger partial charge on any atom is -0.337 e. The smallest absolute Gasteiger partial charge is 0.252 e. The Morgan fingerprint density at radius 2 is 2.19 bits per heavy atom. The standard InChI is InChI=1S/C13H19N3O3S2/c1-10(2)13(3,9-14)15-11(17)8-16(4)21(18,19)12-6-5-7-20-12/h5-7,10H,8H2,1-4H3,(H,15,17)/t13-/m0/s1. The van der Waals surface area contributed by atoms with E-state index in [1.807, 2.05) is 13.8 Å². The van der Waals surface area contributed by atoms with Crippen molar-refractivity contribution in [2.45, 2.75) is 30.5 Å². The molecule has 0 aliphatic rings. The van der Waals surface area contributed by atoms with Gasteiger partial charge in [-0.15, -0.1) is 11.3 Å². The van der Waals surface area contributed by atoms with E-state index in [9.17, 15) is 13.2 Å². The predicted molar refractivity (Wildman–Crippen MR) is 81.1 cm³/mol. The number of sulfonamides is 1. The van der Waals surface area contributed by atoms with Gasteiger partial charge in [-0.2, -0.15) is 9.57 Å². The maximum absolute atomic E-state index is 12.2. The van der Waals surface area contributed by atoms with E-state index < -0.39 is 21.5 Å². The molecule has 1 heterocycles. The van der Waals surface area contributed by atoms with Crippen LogP contribution in [0.3, 0.4) is 0 Å². The third-order valence-corrected chi connectivity index (χ3v) is 6.49. The maximum Gasteiger partial charge on any atom is 0.252 e. The van der Waals surface area contributed by atoms with E-state index in [-0.39, 0.29) is 16.7 Å². The zero-order valence-corrected chi connectivity index (χ0v) is 14.1. The summed E-state index contributed by atoms with van der Waals surface area (Å²) in [4.78, 5) is 12.0. The van der Waals surface area contributed by atoms with Gasteiger partial charge in [0.05, 0.1) is 12.6 Å². The Bertz CT molecular complexity index is 632. The quantitative estimate of drug-likeness (QED) is 0.854. The van der Waals surface area contributed by atoms with E-state index in [1.165, 1.54) is 13.1 Å². The summed E-state index contributed by atoms with van der Waals surface area (Å²) in [5.41, 5.74) is -1.02. The zero-order chi connectivity index (χ0) is 16.3. The first kappa shape index (κ1) is 17.6. The summed E-state index contributed by atoms with van der Waals surface area (Å²) >= 11 is 1.09. The van der Waals surface area contributed by atoms with Crippen molar-refractivity contribution >= 4 is 27.3 Å². The van der Waals surface area contributed by atoms with Crippen LogP contribution in [0.4, 0.5) is 0 Å². The number of hydrogen-bond donors (Lipinski definition) is 1. The van der Waals surface area contributed by atoms with Crippen LogP contribution >= 0.6 is 11.3 Å². The van der Waals surface area contributed by atoms with Crippen molar-refractivity contribution in [3.63, 3.8) is 0 Å². The lowest BCUT2D eigenvalue weighted by molar-refractivity contribution is -0.122. The fourth-order valence-electron chi connectivity index (χ4n) is 1.48. The molecular weight excluding hydrogens is 310 g/mol. The Balaban J connectivity index is 2.78. The average molecular weight is 329 g/mol. The van der Waals surface area contributed by atoms with E-state index in [4.69, 9.17) is 5.26 Å². The summed E-state index contributed by atoms with van der Waals surface area (Å²) in [6, 6.07) is 5.17. The molecule has 0 radical (unpaired) electrons. The van der Waals surface area contributed by atoms with E-state index in [0.29, 0.717) is 0 Å². The second-order valence-corrected chi connectivity index (χ2v) is 8.43. The lowest BCUT2D eigenvalue weighted by atomic mass is 9.90. The van der Waals surface area contributed by atoms with Crippen LogP contribution < -0.4 is 5.32 Å². The van der Waals surface area contributed by atoms with Gasteiger partial charge in [0.15, 0.2) is 0 Å². The number of carbonyl (C=O) groups excluding carboxylic acids is 1. The fraction of sp³-hybridized carbons (Fsp3) is 0.538. The third-order valence-electron chi connectivity index (χ3n) is 3.31. The van der Waals surface area contributed by atoms with Crippen molar-refractivity contribution in [2.24, 2.45) is 5.92 Å². The largest absolute Gasteiger partial charge is 0.337 e. The Labute approximate surface area is 129 Å². The second-order valence-electron chi connectivity index (χ2n) is 5.21. The van der Waals surface area contributed by atoms with Gasteiger partial charge < -0.3 is 5.32 Å². The Kier molecular flexibility index (Phi) is 5.50. The molecule has 8 heteroatoms. The van der Waals surface area contributed by atoms with Crippen LogP contribution in [-0.4, -0.2) is 37.8 Å². The summed E-state index contributed by atoms with van der Waals surface area (Å²) in [6.07, 6.45) is 0. The van der Waals surface area contributed by atoms with Gasteiger partial charge in [-0.05, 0) is 24.3 Å². The molecule has 0 aliphatic heterocycles. The number of likely N-dealkylation sites (N-methyl/N-ethyl adjacent to an activating group) is 1. The molecule has 0 aromatic carbocycles. The normalized spacial score (nSPS) is 14.7. The molecule has 1 N–H and O–H groups in total. The lowest BCUT2D eigenvalue weighted by Gasteiger charge is -2.28. The van der Waals surface area contributed by atoms with Crippen molar-refractivity contribution in [3.8, 4) is 6.07 Å². The lowest BCUT2D eigenvalue weighted by Crippen LogP contribution is -2.51. The number of rotatable bonds is 6. The predicted octanol–water partition coefficient (Wildman–Crippen LogP) is 1.42.